The lowest BCUT2D eigenvalue weighted by atomic mass is 10.4. The van der Waals surface area contributed by atoms with E-state index in [2.05, 4.69) is 5.10 Å². The third-order valence-electron chi connectivity index (χ3n) is 1.76. The van der Waals surface area contributed by atoms with Gasteiger partial charge >= 0.3 is 0 Å². The van der Waals surface area contributed by atoms with E-state index in [1.54, 1.807) is 13.2 Å². The van der Waals surface area contributed by atoms with Crippen molar-refractivity contribution < 1.29 is 9.59 Å². The average Bonchev–Trinajstić information content (AvgIpc) is 2.60. The Morgan fingerprint density at radius 1 is 1.23 bits per heavy atom. The summed E-state index contributed by atoms with van der Waals surface area (Å²) in [7, 11) is 1.72. The van der Waals surface area contributed by atoms with Crippen molar-refractivity contribution in [1.29, 1.82) is 0 Å². The maximum Gasteiger partial charge on any atom is 0.258 e. The first-order valence-corrected chi connectivity index (χ1v) is 3.73. The number of carbonyl (C=O) groups excluding carboxylic acids is 2. The first-order valence-electron chi connectivity index (χ1n) is 3.73. The predicted octanol–water partition coefficient (Wildman–Crippen LogP) is -0.151. The second kappa shape index (κ2) is 2.55. The number of hydrogen-bond donors (Lipinski definition) is 0. The molecule has 5 heteroatoms. The average molecular weight is 177 g/mol. The van der Waals surface area contributed by atoms with Crippen LogP contribution in [-0.2, 0) is 16.6 Å². The van der Waals surface area contributed by atoms with Crippen LogP contribution in [0.5, 0.6) is 0 Å². The Balaban J connectivity index is 2.37. The molecule has 0 unspecified atom stereocenters. The van der Waals surface area contributed by atoms with Gasteiger partial charge in [0.25, 0.3) is 11.8 Å². The van der Waals surface area contributed by atoms with Gasteiger partial charge in [-0.25, -0.2) is 4.90 Å². The molecule has 2 heterocycles. The molecule has 0 fully saturated rings. The van der Waals surface area contributed by atoms with Crippen molar-refractivity contribution in [2.45, 2.75) is 0 Å². The maximum absolute atomic E-state index is 11.2. The number of aromatic nitrogens is 2. The number of amides is 2. The fourth-order valence-corrected chi connectivity index (χ4v) is 1.18. The second-order valence-corrected chi connectivity index (χ2v) is 2.72. The van der Waals surface area contributed by atoms with Gasteiger partial charge in [-0.3, -0.25) is 14.3 Å². The molecular weight excluding hydrogens is 170 g/mol. The van der Waals surface area contributed by atoms with Gasteiger partial charge in [0, 0.05) is 25.4 Å². The summed E-state index contributed by atoms with van der Waals surface area (Å²) in [5.74, 6) is -0.643. The summed E-state index contributed by atoms with van der Waals surface area (Å²) in [5.41, 5.74) is 0.502. The lowest BCUT2D eigenvalue weighted by Gasteiger charge is -2.09. The van der Waals surface area contributed by atoms with E-state index in [-0.39, 0.29) is 11.8 Å². The molecule has 0 aromatic carbocycles. The van der Waals surface area contributed by atoms with Crippen molar-refractivity contribution in [2.75, 3.05) is 4.90 Å². The first-order chi connectivity index (χ1) is 6.18. The van der Waals surface area contributed by atoms with E-state index in [4.69, 9.17) is 0 Å². The zero-order chi connectivity index (χ0) is 9.42. The highest BCUT2D eigenvalue weighted by atomic mass is 16.2. The topological polar surface area (TPSA) is 55.2 Å². The Labute approximate surface area is 74.3 Å². The lowest BCUT2D eigenvalue weighted by molar-refractivity contribution is -0.119. The molecule has 1 aliphatic heterocycles. The van der Waals surface area contributed by atoms with Crippen molar-refractivity contribution in [3.05, 3.63) is 24.5 Å². The number of anilines is 1. The molecule has 66 valence electrons. The summed E-state index contributed by atoms with van der Waals surface area (Å²) < 4.78 is 1.54. The number of rotatable bonds is 1. The van der Waals surface area contributed by atoms with Gasteiger partial charge in [0.15, 0.2) is 0 Å². The summed E-state index contributed by atoms with van der Waals surface area (Å²) in [4.78, 5) is 23.4. The van der Waals surface area contributed by atoms with Gasteiger partial charge in [0.1, 0.15) is 0 Å². The van der Waals surface area contributed by atoms with Gasteiger partial charge in [-0.1, -0.05) is 0 Å². The van der Waals surface area contributed by atoms with E-state index in [1.807, 2.05) is 0 Å². The van der Waals surface area contributed by atoms with Crippen molar-refractivity contribution in [2.24, 2.45) is 7.05 Å². The Morgan fingerprint density at radius 3 is 2.31 bits per heavy atom. The first kappa shape index (κ1) is 7.72. The van der Waals surface area contributed by atoms with Crippen LogP contribution in [0.4, 0.5) is 5.69 Å². The normalized spacial score (nSPS) is 15.9. The van der Waals surface area contributed by atoms with Gasteiger partial charge in [-0.15, -0.1) is 0 Å². The molecule has 0 radical (unpaired) electrons. The van der Waals surface area contributed by atoms with E-state index in [9.17, 15) is 9.59 Å². The van der Waals surface area contributed by atoms with Gasteiger partial charge in [-0.2, -0.15) is 5.10 Å². The quantitative estimate of drug-likeness (QED) is 0.560. The largest absolute Gasteiger partial charge is 0.274 e. The molecule has 0 saturated carbocycles. The molecule has 0 N–H and O–H groups in total. The Kier molecular flexibility index (Phi) is 1.51. The minimum Gasteiger partial charge on any atom is -0.274 e. The number of aryl methyl sites for hydroxylation is 1. The maximum atomic E-state index is 11.2. The highest BCUT2D eigenvalue weighted by Gasteiger charge is 2.25. The van der Waals surface area contributed by atoms with Gasteiger partial charge in [-0.05, 0) is 0 Å². The monoisotopic (exact) mass is 177 g/mol. The molecule has 0 aliphatic carbocycles. The fourth-order valence-electron chi connectivity index (χ4n) is 1.18. The molecule has 1 aromatic rings. The van der Waals surface area contributed by atoms with Crippen molar-refractivity contribution >= 4 is 17.5 Å². The number of carbonyl (C=O) groups is 2. The van der Waals surface area contributed by atoms with Crippen molar-refractivity contribution in [1.82, 2.24) is 9.78 Å². The van der Waals surface area contributed by atoms with Crippen LogP contribution < -0.4 is 4.90 Å². The molecular formula is C8H7N3O2. The van der Waals surface area contributed by atoms with Crippen LogP contribution in [0, 0.1) is 0 Å². The Hall–Kier alpha value is -1.91. The van der Waals surface area contributed by atoms with Crippen LogP contribution in [0.15, 0.2) is 24.5 Å². The van der Waals surface area contributed by atoms with E-state index in [0.29, 0.717) is 5.69 Å². The van der Waals surface area contributed by atoms with Gasteiger partial charge in [0.2, 0.25) is 0 Å². The molecule has 1 aromatic heterocycles. The summed E-state index contributed by atoms with van der Waals surface area (Å²) >= 11 is 0. The van der Waals surface area contributed by atoms with Crippen LogP contribution in [0.3, 0.4) is 0 Å². The van der Waals surface area contributed by atoms with Crippen LogP contribution in [0.2, 0.25) is 0 Å². The smallest absolute Gasteiger partial charge is 0.258 e. The van der Waals surface area contributed by atoms with E-state index in [1.165, 1.54) is 23.0 Å². The highest BCUT2D eigenvalue weighted by Crippen LogP contribution is 2.16. The van der Waals surface area contributed by atoms with Crippen LogP contribution in [-0.4, -0.2) is 21.6 Å². The zero-order valence-electron chi connectivity index (χ0n) is 6.97. The summed E-state index contributed by atoms with van der Waals surface area (Å²) in [6, 6.07) is 0. The van der Waals surface area contributed by atoms with Crippen LogP contribution in [0.1, 0.15) is 0 Å². The number of nitrogens with zero attached hydrogens (tertiary/aromatic N) is 3. The lowest BCUT2D eigenvalue weighted by Crippen LogP contribution is -2.29. The molecule has 2 rings (SSSR count). The Bertz CT molecular complexity index is 387. The minimum atomic E-state index is -0.321. The van der Waals surface area contributed by atoms with Gasteiger partial charge in [0.05, 0.1) is 11.9 Å². The van der Waals surface area contributed by atoms with E-state index in [0.717, 1.165) is 4.90 Å². The molecule has 1 aliphatic rings. The predicted molar refractivity (Wildman–Crippen MR) is 44.8 cm³/mol. The van der Waals surface area contributed by atoms with Crippen molar-refractivity contribution in [3.63, 3.8) is 0 Å². The van der Waals surface area contributed by atoms with E-state index >= 15 is 0 Å². The van der Waals surface area contributed by atoms with Crippen molar-refractivity contribution in [3.8, 4) is 0 Å². The molecule has 0 bridgehead atoms. The molecule has 2 amide bonds. The Morgan fingerprint density at radius 2 is 1.85 bits per heavy atom. The number of hydrogen-bond acceptors (Lipinski definition) is 3. The third-order valence-corrected chi connectivity index (χ3v) is 1.76. The second-order valence-electron chi connectivity index (χ2n) is 2.72. The van der Waals surface area contributed by atoms with Gasteiger partial charge < -0.3 is 0 Å². The zero-order valence-corrected chi connectivity index (χ0v) is 6.97. The highest BCUT2D eigenvalue weighted by molar-refractivity contribution is 6.28. The summed E-state index contributed by atoms with van der Waals surface area (Å²) in [6.45, 7) is 0. The summed E-state index contributed by atoms with van der Waals surface area (Å²) in [6.07, 6.45) is 5.58. The SMILES string of the molecule is Cn1cc(N2C(=O)C=CC2=O)cn1. The standard InChI is InChI=1S/C8H7N3O2/c1-10-5-6(4-9-10)11-7(12)2-3-8(11)13/h2-5H,1H3. The molecule has 13 heavy (non-hydrogen) atoms. The minimum absolute atomic E-state index is 0.321. The molecule has 0 saturated heterocycles. The third kappa shape index (κ3) is 1.14. The molecule has 0 spiro atoms. The fraction of sp³-hybridized carbons (Fsp3) is 0.125. The summed E-state index contributed by atoms with van der Waals surface area (Å²) in [5, 5.41) is 3.87. The number of imide groups is 1. The van der Waals surface area contributed by atoms with E-state index < -0.39 is 0 Å². The van der Waals surface area contributed by atoms with Crippen LogP contribution >= 0.6 is 0 Å². The van der Waals surface area contributed by atoms with Crippen LogP contribution in [0.25, 0.3) is 0 Å². The molecule has 0 atom stereocenters. The molecule has 5 nitrogen and oxygen atoms in total.